The lowest BCUT2D eigenvalue weighted by molar-refractivity contribution is -0.136. The number of piperidine rings is 1. The van der Waals surface area contributed by atoms with Crippen LogP contribution in [0.1, 0.15) is 37.3 Å². The maximum absolute atomic E-state index is 13.1. The Kier molecular flexibility index (Phi) is 8.07. The summed E-state index contributed by atoms with van der Waals surface area (Å²) in [5, 5.41) is -0.448. The van der Waals surface area contributed by atoms with E-state index in [0.717, 1.165) is 41.5 Å². The number of rotatable bonds is 8. The minimum Gasteiger partial charge on any atom is -0.490 e. The summed E-state index contributed by atoms with van der Waals surface area (Å²) in [6, 6.07) is 11.3. The molecule has 2 fully saturated rings. The number of amides is 3. The number of benzene rings is 2. The van der Waals surface area contributed by atoms with E-state index >= 15 is 0 Å². The summed E-state index contributed by atoms with van der Waals surface area (Å²) in [5.74, 6) is 0.0132. The number of ether oxygens (including phenoxy) is 2. The van der Waals surface area contributed by atoms with Crippen LogP contribution in [0, 0.1) is 5.82 Å². The Balaban J connectivity index is 1.45. The molecular weight excluding hydrogens is 471 g/mol. The molecule has 0 aliphatic carbocycles. The van der Waals surface area contributed by atoms with E-state index < -0.39 is 11.1 Å². The Labute approximate surface area is 207 Å². The number of hydrogen-bond acceptors (Lipinski definition) is 6. The van der Waals surface area contributed by atoms with Gasteiger partial charge in [0.1, 0.15) is 19.0 Å². The van der Waals surface area contributed by atoms with E-state index in [2.05, 4.69) is 0 Å². The van der Waals surface area contributed by atoms with Crippen molar-refractivity contribution in [2.24, 2.45) is 0 Å². The first kappa shape index (κ1) is 24.8. The van der Waals surface area contributed by atoms with Crippen LogP contribution in [-0.2, 0) is 16.2 Å². The molecule has 2 heterocycles. The second-order valence-corrected chi connectivity index (χ2v) is 9.26. The third-order valence-corrected chi connectivity index (χ3v) is 6.66. The van der Waals surface area contributed by atoms with Crippen LogP contribution in [0.2, 0.25) is 0 Å². The molecule has 2 aliphatic heterocycles. The van der Waals surface area contributed by atoms with Crippen molar-refractivity contribution in [3.05, 3.63) is 64.3 Å². The van der Waals surface area contributed by atoms with Crippen LogP contribution < -0.4 is 9.47 Å². The van der Waals surface area contributed by atoms with Gasteiger partial charge in [0.25, 0.3) is 11.1 Å². The summed E-state index contributed by atoms with van der Waals surface area (Å²) >= 11 is 0.822. The van der Waals surface area contributed by atoms with Gasteiger partial charge < -0.3 is 14.4 Å². The highest BCUT2D eigenvalue weighted by atomic mass is 32.2. The van der Waals surface area contributed by atoms with E-state index in [4.69, 9.17) is 9.47 Å². The lowest BCUT2D eigenvalue weighted by Crippen LogP contribution is -2.44. The number of imide groups is 1. The Hall–Kier alpha value is -3.33. The van der Waals surface area contributed by atoms with Crippen LogP contribution in [0.15, 0.2) is 47.4 Å². The molecule has 184 valence electrons. The van der Waals surface area contributed by atoms with Gasteiger partial charge in [-0.2, -0.15) is 0 Å². The van der Waals surface area contributed by atoms with Crippen LogP contribution in [0.25, 0.3) is 6.08 Å². The van der Waals surface area contributed by atoms with Gasteiger partial charge in [0, 0.05) is 13.1 Å². The SMILES string of the molecule is CCOc1cc(/C=C2\SC(=O)N(CC(=O)N3CCCCC3)C2=O)ccc1OCc1ccc(F)cc1. The first-order valence-corrected chi connectivity index (χ1v) is 12.4. The highest BCUT2D eigenvalue weighted by Gasteiger charge is 2.37. The van der Waals surface area contributed by atoms with E-state index in [1.807, 2.05) is 6.92 Å². The van der Waals surface area contributed by atoms with Crippen molar-refractivity contribution in [1.82, 2.24) is 9.80 Å². The predicted molar refractivity (Wildman–Crippen MR) is 131 cm³/mol. The van der Waals surface area contributed by atoms with E-state index in [9.17, 15) is 18.8 Å². The van der Waals surface area contributed by atoms with Gasteiger partial charge in [-0.15, -0.1) is 0 Å². The van der Waals surface area contributed by atoms with Crippen LogP contribution in [0.5, 0.6) is 11.5 Å². The average molecular weight is 499 g/mol. The van der Waals surface area contributed by atoms with Crippen molar-refractivity contribution in [2.75, 3.05) is 26.2 Å². The molecule has 0 bridgehead atoms. The second kappa shape index (κ2) is 11.4. The van der Waals surface area contributed by atoms with Crippen molar-refractivity contribution in [2.45, 2.75) is 32.8 Å². The van der Waals surface area contributed by atoms with Crippen LogP contribution in [0.3, 0.4) is 0 Å². The molecule has 0 unspecified atom stereocenters. The van der Waals surface area contributed by atoms with Crippen molar-refractivity contribution in [1.29, 1.82) is 0 Å². The van der Waals surface area contributed by atoms with Crippen LogP contribution >= 0.6 is 11.8 Å². The standard InChI is InChI=1S/C26H27FN2O5S/c1-2-33-22-14-19(8-11-21(22)34-17-18-6-9-20(27)10-7-18)15-23-25(31)29(26(32)35-23)16-24(30)28-12-4-3-5-13-28/h6-11,14-15H,2-5,12-13,16-17H2,1H3/b23-15-. The molecule has 0 aromatic heterocycles. The Morgan fingerprint density at radius 2 is 1.77 bits per heavy atom. The molecule has 7 nitrogen and oxygen atoms in total. The quantitative estimate of drug-likeness (QED) is 0.484. The van der Waals surface area contributed by atoms with E-state index in [1.165, 1.54) is 12.1 Å². The van der Waals surface area contributed by atoms with Crippen LogP contribution in [0.4, 0.5) is 9.18 Å². The number of likely N-dealkylation sites (tertiary alicyclic amines) is 1. The van der Waals surface area contributed by atoms with Crippen LogP contribution in [-0.4, -0.2) is 53.1 Å². The van der Waals surface area contributed by atoms with Gasteiger partial charge in [-0.3, -0.25) is 19.3 Å². The van der Waals surface area contributed by atoms with Crippen molar-refractivity contribution < 1.29 is 28.2 Å². The lowest BCUT2D eigenvalue weighted by atomic mass is 10.1. The maximum atomic E-state index is 13.1. The van der Waals surface area contributed by atoms with Gasteiger partial charge in [0.2, 0.25) is 5.91 Å². The van der Waals surface area contributed by atoms with Gasteiger partial charge in [-0.25, -0.2) is 4.39 Å². The maximum Gasteiger partial charge on any atom is 0.294 e. The van der Waals surface area contributed by atoms with E-state index in [-0.39, 0.29) is 29.8 Å². The number of halogens is 1. The molecule has 4 rings (SSSR count). The zero-order valence-electron chi connectivity index (χ0n) is 19.5. The van der Waals surface area contributed by atoms with Gasteiger partial charge in [-0.05, 0) is 79.4 Å². The molecule has 0 N–H and O–H groups in total. The molecule has 2 aliphatic rings. The number of carbonyl (C=O) groups excluding carboxylic acids is 3. The Morgan fingerprint density at radius 3 is 2.49 bits per heavy atom. The fourth-order valence-corrected chi connectivity index (χ4v) is 4.75. The van der Waals surface area contributed by atoms with Gasteiger partial charge in [0.15, 0.2) is 11.5 Å². The summed E-state index contributed by atoms with van der Waals surface area (Å²) < 4.78 is 24.7. The number of carbonyl (C=O) groups is 3. The summed E-state index contributed by atoms with van der Waals surface area (Å²) in [6.07, 6.45) is 4.59. The van der Waals surface area contributed by atoms with E-state index in [0.29, 0.717) is 36.8 Å². The summed E-state index contributed by atoms with van der Waals surface area (Å²) in [4.78, 5) is 40.8. The zero-order valence-corrected chi connectivity index (χ0v) is 20.3. The molecule has 2 aromatic carbocycles. The second-order valence-electron chi connectivity index (χ2n) is 8.26. The first-order chi connectivity index (χ1) is 16.9. The Bertz CT molecular complexity index is 1130. The monoisotopic (exact) mass is 498 g/mol. The smallest absolute Gasteiger partial charge is 0.294 e. The van der Waals surface area contributed by atoms with Crippen molar-refractivity contribution >= 4 is 34.9 Å². The first-order valence-electron chi connectivity index (χ1n) is 11.6. The molecule has 2 aromatic rings. The molecule has 9 heteroatoms. The minimum absolute atomic E-state index is 0.200. The highest BCUT2D eigenvalue weighted by molar-refractivity contribution is 8.18. The molecule has 2 saturated heterocycles. The minimum atomic E-state index is -0.472. The van der Waals surface area contributed by atoms with Crippen molar-refractivity contribution in [3.63, 3.8) is 0 Å². The molecule has 3 amide bonds. The fourth-order valence-electron chi connectivity index (χ4n) is 3.91. The molecule has 0 radical (unpaired) electrons. The topological polar surface area (TPSA) is 76.2 Å². The molecular formula is C26H27FN2O5S. The largest absolute Gasteiger partial charge is 0.490 e. The summed E-state index contributed by atoms with van der Waals surface area (Å²) in [7, 11) is 0. The lowest BCUT2D eigenvalue weighted by Gasteiger charge is -2.27. The normalized spacial score (nSPS) is 17.3. The number of hydrogen-bond donors (Lipinski definition) is 0. The zero-order chi connectivity index (χ0) is 24.8. The van der Waals surface area contributed by atoms with Crippen molar-refractivity contribution in [3.8, 4) is 11.5 Å². The number of thioether (sulfide) groups is 1. The molecule has 0 saturated carbocycles. The number of nitrogens with zero attached hydrogens (tertiary/aromatic N) is 2. The third-order valence-electron chi connectivity index (χ3n) is 5.75. The fraction of sp³-hybridized carbons (Fsp3) is 0.346. The predicted octanol–water partition coefficient (Wildman–Crippen LogP) is 4.85. The summed E-state index contributed by atoms with van der Waals surface area (Å²) in [5.41, 5.74) is 1.47. The molecule has 35 heavy (non-hydrogen) atoms. The third kappa shape index (κ3) is 6.22. The highest BCUT2D eigenvalue weighted by Crippen LogP contribution is 2.35. The van der Waals surface area contributed by atoms with Gasteiger partial charge in [-0.1, -0.05) is 18.2 Å². The Morgan fingerprint density at radius 1 is 1.03 bits per heavy atom. The van der Waals surface area contributed by atoms with Gasteiger partial charge in [0.05, 0.1) is 11.5 Å². The van der Waals surface area contributed by atoms with E-state index in [1.54, 1.807) is 41.3 Å². The molecule has 0 atom stereocenters. The molecule has 0 spiro atoms. The van der Waals surface area contributed by atoms with Gasteiger partial charge >= 0.3 is 0 Å². The summed E-state index contributed by atoms with van der Waals surface area (Å²) in [6.45, 7) is 3.60. The average Bonchev–Trinajstić information content (AvgIpc) is 3.12.